The second-order valence-electron chi connectivity index (χ2n) is 7.24. The van der Waals surface area contributed by atoms with Gasteiger partial charge < -0.3 is 30.6 Å². The number of hydrogen-bond donors (Lipinski definition) is 6. The lowest BCUT2D eigenvalue weighted by molar-refractivity contribution is -0.347. The summed E-state index contributed by atoms with van der Waals surface area (Å²) in [6.07, 6.45) is -25.3. The zero-order valence-electron chi connectivity index (χ0n) is 23.5. The van der Waals surface area contributed by atoms with Gasteiger partial charge in [-0.05, 0) is 18.5 Å². The lowest BCUT2D eigenvalue weighted by Gasteiger charge is -2.24. The van der Waals surface area contributed by atoms with E-state index in [1.54, 1.807) is 0 Å². The van der Waals surface area contributed by atoms with Gasteiger partial charge in [0.05, 0.1) is 0 Å². The molecular weight excluding hydrogens is 862 g/mol. The number of halogens is 23. The van der Waals surface area contributed by atoms with Crippen LogP contribution in [-0.4, -0.2) is 121 Å². The molecule has 0 unspecified atom stereocenters. The quantitative estimate of drug-likeness (QED) is 0.0941. The molecule has 0 aromatic heterocycles. The summed E-state index contributed by atoms with van der Waals surface area (Å²) in [6.45, 7) is 0.702. The van der Waals surface area contributed by atoms with Gasteiger partial charge in [0.15, 0.2) is 0 Å². The van der Waals surface area contributed by atoms with Crippen molar-refractivity contribution in [2.45, 2.75) is 61.2 Å². The average molecular weight is 873 g/mol. The highest BCUT2D eigenvalue weighted by Gasteiger charge is 2.76. The van der Waals surface area contributed by atoms with E-state index in [0.29, 0.717) is 6.92 Å². The molecule has 0 radical (unpaired) electrons. The second kappa shape index (κ2) is 21.7. The van der Waals surface area contributed by atoms with E-state index in [-0.39, 0.29) is 6.08 Å². The Morgan fingerprint density at radius 3 is 0.774 bits per heavy atom. The minimum absolute atomic E-state index is 0.125. The summed E-state index contributed by atoms with van der Waals surface area (Å²) in [7, 11) is 0. The zero-order valence-corrected chi connectivity index (χ0v) is 24.2. The van der Waals surface area contributed by atoms with Crippen LogP contribution in [0.5, 0.6) is 0 Å². The van der Waals surface area contributed by atoms with Crippen LogP contribution in [-0.2, 0) is 28.8 Å². The number of rotatable bonds is 6. The van der Waals surface area contributed by atoms with Gasteiger partial charge in [-0.2, -0.15) is 96.6 Å². The molecule has 6 N–H and O–H groups in total. The maximum atomic E-state index is 11.8. The molecule has 0 amide bonds. The number of aliphatic carboxylic acids is 6. The van der Waals surface area contributed by atoms with Crippen molar-refractivity contribution in [2.75, 3.05) is 0 Å². The van der Waals surface area contributed by atoms with E-state index in [2.05, 4.69) is 11.6 Å². The molecule has 0 aromatic carbocycles. The molecule has 0 fully saturated rings. The van der Waals surface area contributed by atoms with Gasteiger partial charge in [0, 0.05) is 11.6 Å². The number of carbonyl (C=O) groups is 6. The topological polar surface area (TPSA) is 224 Å². The smallest absolute Gasteiger partial charge is 0.478 e. The molecule has 0 bridgehead atoms. The third-order valence-electron chi connectivity index (χ3n) is 3.10. The minimum atomic E-state index is -6.60. The van der Waals surface area contributed by atoms with E-state index in [4.69, 9.17) is 45.0 Å². The molecule has 35 heteroatoms. The molecule has 0 aliphatic carbocycles. The van der Waals surface area contributed by atoms with Crippen molar-refractivity contribution < 1.29 is 156 Å². The fraction of sp³-hybridized carbons (Fsp3) is 0.556. The number of hydrogen-bond acceptors (Lipinski definition) is 6. The Hall–Kier alpha value is -4.69. The Morgan fingerprint density at radius 2 is 0.736 bits per heavy atom. The lowest BCUT2D eigenvalue weighted by atomic mass is 10.1. The summed E-state index contributed by atoms with van der Waals surface area (Å²) in [4.78, 5) is 55.2. The predicted molar refractivity (Wildman–Crippen MR) is 115 cm³/mol. The Morgan fingerprint density at radius 1 is 0.491 bits per heavy atom. The maximum absolute atomic E-state index is 11.8. The van der Waals surface area contributed by atoms with Crippen molar-refractivity contribution in [1.82, 2.24) is 0 Å². The highest BCUT2D eigenvalue weighted by atomic mass is 35.5. The molecule has 0 aliphatic rings. The first kappa shape index (κ1) is 60.4. The first-order valence-corrected chi connectivity index (χ1v) is 10.7. The van der Waals surface area contributed by atoms with Gasteiger partial charge in [0.1, 0.15) is 0 Å². The van der Waals surface area contributed by atoms with Crippen molar-refractivity contribution in [1.29, 1.82) is 0 Å². The lowest BCUT2D eigenvalue weighted by Crippen LogP contribution is -2.56. The van der Waals surface area contributed by atoms with Gasteiger partial charge in [0.25, 0.3) is 0 Å². The van der Waals surface area contributed by atoms with E-state index < -0.39 is 95.7 Å². The largest absolute Gasteiger partial charge is 0.490 e. The van der Waals surface area contributed by atoms with Crippen LogP contribution in [0.25, 0.3) is 0 Å². The van der Waals surface area contributed by atoms with Crippen LogP contribution in [0.1, 0.15) is 6.92 Å². The van der Waals surface area contributed by atoms with Crippen LogP contribution in [0.15, 0.2) is 11.6 Å². The van der Waals surface area contributed by atoms with Crippen molar-refractivity contribution in [3.8, 4) is 0 Å². The Bertz CT molecular complexity index is 1220. The van der Waals surface area contributed by atoms with E-state index in [1.807, 2.05) is 0 Å². The fourth-order valence-electron chi connectivity index (χ4n) is 0.701. The maximum Gasteiger partial charge on any atom is 0.490 e. The van der Waals surface area contributed by atoms with Crippen LogP contribution >= 0.6 is 11.6 Å². The molecular formula is C18H11ClF22O12. The van der Waals surface area contributed by atoms with Gasteiger partial charge >= 0.3 is 90.1 Å². The van der Waals surface area contributed by atoms with Crippen molar-refractivity contribution in [2.24, 2.45) is 0 Å². The third kappa shape index (κ3) is 26.7. The van der Waals surface area contributed by atoms with Gasteiger partial charge in [-0.1, -0.05) is 0 Å². The van der Waals surface area contributed by atoms with Crippen molar-refractivity contribution in [3.05, 3.63) is 11.6 Å². The molecule has 53 heavy (non-hydrogen) atoms. The highest BCUT2D eigenvalue weighted by molar-refractivity contribution is 6.30. The van der Waals surface area contributed by atoms with E-state index in [1.165, 1.54) is 0 Å². The molecule has 0 heterocycles. The van der Waals surface area contributed by atoms with Gasteiger partial charge in [-0.25, -0.2) is 28.8 Å². The fourth-order valence-corrected chi connectivity index (χ4v) is 0.701. The summed E-state index contributed by atoms with van der Waals surface area (Å²) >= 11 is 3.94. The van der Waals surface area contributed by atoms with Crippen LogP contribution in [0.4, 0.5) is 96.6 Å². The third-order valence-corrected chi connectivity index (χ3v) is 3.26. The van der Waals surface area contributed by atoms with Crippen molar-refractivity contribution >= 4 is 47.4 Å². The Kier molecular flexibility index (Phi) is 24.8. The molecule has 12 nitrogen and oxygen atoms in total. The number of carboxylic acids is 6. The summed E-state index contributed by atoms with van der Waals surface area (Å²) in [5.74, 6) is -33.9. The van der Waals surface area contributed by atoms with Crippen LogP contribution in [0.3, 0.4) is 0 Å². The molecule has 0 rings (SSSR count). The second-order valence-corrected chi connectivity index (χ2v) is 7.71. The normalized spacial score (nSPS) is 12.6. The number of alkyl halides is 23. The molecule has 0 saturated carbocycles. The predicted octanol–water partition coefficient (Wildman–Crippen LogP) is 6.62. The van der Waals surface area contributed by atoms with Gasteiger partial charge in [-0.15, -0.1) is 0 Å². The molecule has 0 atom stereocenters. The molecule has 0 saturated heterocycles. The van der Waals surface area contributed by atoms with Crippen LogP contribution in [0, 0.1) is 0 Å². The summed E-state index contributed by atoms with van der Waals surface area (Å²) in [6, 6.07) is 0. The standard InChI is InChI=1S/C5H5F3O2.C4HF7O2.C3HF5O2.C2HClF2O2.C2HF3O2.C2H2F2O2/c1-3(2-4(9)10)5(6,7)8;5-2(6,1(12)13)3(7,8)4(9,10)11;4-2(5,1(9)10)3(6,7)8;2*3-2(4,5)1(6)7;3-1(4)2(5)6/h2H,1H3,(H,9,10);(H,12,13);(H,9,10);2*(H,6,7);1H,(H,5,6). The van der Waals surface area contributed by atoms with Crippen LogP contribution in [0.2, 0.25) is 0 Å². The Balaban J connectivity index is -0.000000128. The van der Waals surface area contributed by atoms with Gasteiger partial charge in [-0.3, -0.25) is 0 Å². The SMILES string of the molecule is CC(=CC(=O)O)C(F)(F)F.O=C(O)C(F)(F)C(F)(F)C(F)(F)F.O=C(O)C(F)(F)C(F)(F)F.O=C(O)C(F)(F)Cl.O=C(O)C(F)(F)F.O=C(O)C(F)F. The molecule has 0 aromatic rings. The zero-order chi connectivity index (χ0) is 45.3. The summed E-state index contributed by atoms with van der Waals surface area (Å²) in [5.41, 5.74) is -1.11. The van der Waals surface area contributed by atoms with E-state index >= 15 is 0 Å². The summed E-state index contributed by atoms with van der Waals surface area (Å²) in [5, 5.41) is 40.2. The highest BCUT2D eigenvalue weighted by Crippen LogP contribution is 2.46. The van der Waals surface area contributed by atoms with Crippen molar-refractivity contribution in [3.63, 3.8) is 0 Å². The summed E-state index contributed by atoms with van der Waals surface area (Å²) < 4.78 is 245. The molecule has 0 aliphatic heterocycles. The first-order chi connectivity index (χ1) is 22.5. The van der Waals surface area contributed by atoms with Crippen LogP contribution < -0.4 is 0 Å². The first-order valence-electron chi connectivity index (χ1n) is 10.3. The van der Waals surface area contributed by atoms with Gasteiger partial charge in [0.2, 0.25) is 0 Å². The Labute approximate surface area is 277 Å². The van der Waals surface area contributed by atoms with E-state index in [0.717, 1.165) is 0 Å². The average Bonchev–Trinajstić information content (AvgIpc) is 2.86. The number of carboxylic acid groups (broad SMARTS) is 6. The molecule has 316 valence electrons. The molecule has 0 spiro atoms. The van der Waals surface area contributed by atoms with E-state index in [9.17, 15) is 111 Å². The monoisotopic (exact) mass is 872 g/mol. The minimum Gasteiger partial charge on any atom is -0.478 e. The number of allylic oxidation sites excluding steroid dienone is 1.